The summed E-state index contributed by atoms with van der Waals surface area (Å²) in [6, 6.07) is 37.2. The monoisotopic (exact) mass is 716 g/mol. The summed E-state index contributed by atoms with van der Waals surface area (Å²) in [6.07, 6.45) is 1.05. The lowest BCUT2D eigenvalue weighted by Crippen LogP contribution is -2.39. The van der Waals surface area contributed by atoms with Gasteiger partial charge in [-0.15, -0.1) is 0 Å². The maximum Gasteiger partial charge on any atom is 0.333 e. The van der Waals surface area contributed by atoms with E-state index in [1.165, 1.54) is 6.92 Å². The van der Waals surface area contributed by atoms with Gasteiger partial charge in [0.05, 0.1) is 34.1 Å². The highest BCUT2D eigenvalue weighted by Crippen LogP contribution is 2.32. The van der Waals surface area contributed by atoms with Gasteiger partial charge in [0.2, 0.25) is 5.91 Å². The van der Waals surface area contributed by atoms with Crippen molar-refractivity contribution < 1.29 is 19.2 Å². The number of imide groups is 2. The van der Waals surface area contributed by atoms with E-state index in [1.807, 2.05) is 36.4 Å². The van der Waals surface area contributed by atoms with Gasteiger partial charge >= 0.3 is 12.1 Å². The average Bonchev–Trinajstić information content (AvgIpc) is 3.16. The second-order valence-electron chi connectivity index (χ2n) is 11.7. The van der Waals surface area contributed by atoms with Crippen LogP contribution >= 0.6 is 0 Å². The molecule has 54 heavy (non-hydrogen) atoms. The summed E-state index contributed by atoms with van der Waals surface area (Å²) < 4.78 is 0. The molecule has 5 aromatic carbocycles. The van der Waals surface area contributed by atoms with Crippen LogP contribution in [0.15, 0.2) is 148 Å². The van der Waals surface area contributed by atoms with E-state index in [9.17, 15) is 19.2 Å². The van der Waals surface area contributed by atoms with Crippen LogP contribution in [0.3, 0.4) is 0 Å². The summed E-state index contributed by atoms with van der Waals surface area (Å²) in [4.78, 5) is 71.9. The highest BCUT2D eigenvalue weighted by molar-refractivity contribution is 6.22. The normalized spacial score (nSPS) is 10.1. The SMILES string of the molecule is C=CC(=O)N(C(=O)Nc1cccc(N=C=Nc2cccc(N(C(C)=O)C(=O)Nc3ccccc3)c2C)c1C)c1cccc(N=C=Nc2ccccc2)c1C. The summed E-state index contributed by atoms with van der Waals surface area (Å²) in [5, 5.41) is 5.55. The van der Waals surface area contributed by atoms with Crippen LogP contribution in [0.5, 0.6) is 0 Å². The molecule has 0 unspecified atom stereocenters. The van der Waals surface area contributed by atoms with Gasteiger partial charge in [-0.25, -0.2) is 19.4 Å². The Bertz CT molecular complexity index is 2360. The number of nitrogens with one attached hydrogen (secondary N) is 2. The topological polar surface area (TPSA) is 148 Å². The second kappa shape index (κ2) is 17.6. The van der Waals surface area contributed by atoms with Gasteiger partial charge in [-0.05, 0) is 104 Å². The minimum atomic E-state index is -0.723. The van der Waals surface area contributed by atoms with Gasteiger partial charge in [-0.3, -0.25) is 9.59 Å². The molecular weight excluding hydrogens is 681 g/mol. The summed E-state index contributed by atoms with van der Waals surface area (Å²) in [5.74, 6) is -1.12. The third-order valence-corrected chi connectivity index (χ3v) is 8.17. The Morgan fingerprint density at radius 3 is 1.61 bits per heavy atom. The molecule has 12 heteroatoms. The van der Waals surface area contributed by atoms with E-state index in [4.69, 9.17) is 0 Å². The van der Waals surface area contributed by atoms with Crippen LogP contribution < -0.4 is 20.4 Å². The fraction of sp³-hybridized carbons (Fsp3) is 0.0952. The molecule has 0 radical (unpaired) electrons. The zero-order valence-corrected chi connectivity index (χ0v) is 30.1. The molecule has 0 saturated carbocycles. The minimum Gasteiger partial charge on any atom is -0.307 e. The molecule has 5 aromatic rings. The molecule has 268 valence electrons. The van der Waals surface area contributed by atoms with Crippen molar-refractivity contribution in [1.29, 1.82) is 0 Å². The van der Waals surface area contributed by atoms with E-state index in [-0.39, 0.29) is 0 Å². The van der Waals surface area contributed by atoms with Crippen LogP contribution in [0, 0.1) is 20.8 Å². The Morgan fingerprint density at radius 1 is 0.574 bits per heavy atom. The first kappa shape index (κ1) is 37.7. The predicted molar refractivity (Wildman–Crippen MR) is 214 cm³/mol. The zero-order valence-electron chi connectivity index (χ0n) is 30.1. The molecule has 0 heterocycles. The van der Waals surface area contributed by atoms with Crippen LogP contribution in [-0.2, 0) is 9.59 Å². The molecule has 12 nitrogen and oxygen atoms in total. The number of hydrogen-bond acceptors (Lipinski definition) is 8. The molecule has 0 aromatic heterocycles. The maximum absolute atomic E-state index is 13.7. The number of carbonyl (C=O) groups excluding carboxylic acids is 4. The Kier molecular flexibility index (Phi) is 12.3. The minimum absolute atomic E-state index is 0.303. The number of rotatable bonds is 9. The van der Waals surface area contributed by atoms with Crippen molar-refractivity contribution in [2.24, 2.45) is 20.0 Å². The van der Waals surface area contributed by atoms with Crippen molar-refractivity contribution in [2.75, 3.05) is 20.4 Å². The van der Waals surface area contributed by atoms with Crippen LogP contribution in [-0.4, -0.2) is 35.9 Å². The van der Waals surface area contributed by atoms with Gasteiger partial charge in [-0.2, -0.15) is 20.0 Å². The van der Waals surface area contributed by atoms with Crippen molar-refractivity contribution in [3.8, 4) is 0 Å². The fourth-order valence-corrected chi connectivity index (χ4v) is 5.32. The quantitative estimate of drug-likeness (QED) is 0.115. The Morgan fingerprint density at radius 2 is 1.06 bits per heavy atom. The van der Waals surface area contributed by atoms with E-state index in [1.54, 1.807) is 99.6 Å². The van der Waals surface area contributed by atoms with E-state index >= 15 is 0 Å². The molecular formula is C42H36N8O4. The van der Waals surface area contributed by atoms with Gasteiger partial charge in [0, 0.05) is 18.3 Å². The van der Waals surface area contributed by atoms with Gasteiger partial charge < -0.3 is 10.6 Å². The molecule has 0 spiro atoms. The Balaban J connectivity index is 1.38. The standard InChI is InChI=1S/C42H36N8O4/c1-6-40(52)50(39-25-15-22-36(30(39)4)44-26-43-32-16-9-7-10-17-32)42(54)48-37-23-13-20-34(28(37)2)45-27-46-35-21-14-24-38(29(35)3)49(31(5)51)41(53)47-33-18-11-8-12-19-33/h6-25H,1H2,2-5H3,(H,47,53)(H,48,54). The summed E-state index contributed by atoms with van der Waals surface area (Å²) >= 11 is 0. The number of carbonyl (C=O) groups is 4. The zero-order chi connectivity index (χ0) is 38.6. The average molecular weight is 717 g/mol. The number of benzene rings is 5. The van der Waals surface area contributed by atoms with Crippen molar-refractivity contribution in [3.63, 3.8) is 0 Å². The number of hydrogen-bond donors (Lipinski definition) is 2. The smallest absolute Gasteiger partial charge is 0.307 e. The first-order chi connectivity index (χ1) is 26.1. The highest BCUT2D eigenvalue weighted by Gasteiger charge is 2.25. The third-order valence-electron chi connectivity index (χ3n) is 8.17. The van der Waals surface area contributed by atoms with Crippen LogP contribution in [0.4, 0.5) is 55.1 Å². The third kappa shape index (κ3) is 9.03. The first-order valence-electron chi connectivity index (χ1n) is 16.7. The summed E-state index contributed by atoms with van der Waals surface area (Å²) in [7, 11) is 0. The van der Waals surface area contributed by atoms with Crippen molar-refractivity contribution >= 4 is 81.4 Å². The largest absolute Gasteiger partial charge is 0.333 e. The van der Waals surface area contributed by atoms with Gasteiger partial charge in [0.15, 0.2) is 0 Å². The number of aliphatic imine (C=N–C) groups is 4. The first-order valence-corrected chi connectivity index (χ1v) is 16.7. The molecule has 0 bridgehead atoms. The maximum atomic E-state index is 13.7. The van der Waals surface area contributed by atoms with Crippen molar-refractivity contribution in [2.45, 2.75) is 27.7 Å². The fourth-order valence-electron chi connectivity index (χ4n) is 5.32. The number of amides is 6. The predicted octanol–water partition coefficient (Wildman–Crippen LogP) is 10.2. The molecule has 0 aliphatic heterocycles. The van der Waals surface area contributed by atoms with Crippen LogP contribution in [0.25, 0.3) is 0 Å². The molecule has 0 atom stereocenters. The summed E-state index contributed by atoms with van der Waals surface area (Å²) in [5.41, 5.74) is 5.31. The lowest BCUT2D eigenvalue weighted by Gasteiger charge is -2.23. The lowest BCUT2D eigenvalue weighted by atomic mass is 10.1. The van der Waals surface area contributed by atoms with Gasteiger partial charge in [0.25, 0.3) is 5.91 Å². The van der Waals surface area contributed by atoms with Crippen molar-refractivity contribution in [3.05, 3.63) is 145 Å². The van der Waals surface area contributed by atoms with Gasteiger partial charge in [0.1, 0.15) is 12.0 Å². The highest BCUT2D eigenvalue weighted by atomic mass is 16.2. The second-order valence-corrected chi connectivity index (χ2v) is 11.7. The van der Waals surface area contributed by atoms with E-state index < -0.39 is 23.9 Å². The van der Waals surface area contributed by atoms with E-state index in [0.29, 0.717) is 62.2 Å². The molecule has 0 aliphatic rings. The lowest BCUT2D eigenvalue weighted by molar-refractivity contribution is -0.116. The van der Waals surface area contributed by atoms with Crippen LogP contribution in [0.2, 0.25) is 0 Å². The summed E-state index contributed by atoms with van der Waals surface area (Å²) in [6.45, 7) is 10.1. The van der Waals surface area contributed by atoms with Gasteiger partial charge in [-0.1, -0.05) is 61.2 Å². The molecule has 6 amide bonds. The number of nitrogens with zero attached hydrogens (tertiary/aromatic N) is 6. The van der Waals surface area contributed by atoms with E-state index in [2.05, 4.69) is 49.2 Å². The molecule has 0 saturated heterocycles. The Hall–Kier alpha value is -7.52. The van der Waals surface area contributed by atoms with Crippen molar-refractivity contribution in [1.82, 2.24) is 0 Å². The number of para-hydroxylation sites is 2. The molecule has 0 aliphatic carbocycles. The number of urea groups is 2. The number of anilines is 4. The Labute approximate surface area is 312 Å². The van der Waals surface area contributed by atoms with E-state index in [0.717, 1.165) is 15.9 Å². The molecule has 0 fully saturated rings. The molecule has 5 rings (SSSR count). The molecule has 2 N–H and O–H groups in total. The van der Waals surface area contributed by atoms with Crippen LogP contribution in [0.1, 0.15) is 23.6 Å².